The molecule has 0 radical (unpaired) electrons. The van der Waals surface area contributed by atoms with Gasteiger partial charge in [-0.1, -0.05) is 48.0 Å². The molecule has 0 fully saturated rings. The average molecular weight is 453 g/mol. The van der Waals surface area contributed by atoms with Crippen molar-refractivity contribution in [3.63, 3.8) is 0 Å². The molecule has 1 amide bonds. The van der Waals surface area contributed by atoms with Crippen LogP contribution in [0.4, 0.5) is 5.69 Å². The Morgan fingerprint density at radius 1 is 1.09 bits per heavy atom. The van der Waals surface area contributed by atoms with Gasteiger partial charge in [0.2, 0.25) is 5.91 Å². The monoisotopic (exact) mass is 452 g/mol. The number of H-pyrrole nitrogens is 1. The normalized spacial score (nSPS) is 16.1. The van der Waals surface area contributed by atoms with Gasteiger partial charge in [0.1, 0.15) is 0 Å². The van der Waals surface area contributed by atoms with Gasteiger partial charge in [0.25, 0.3) is 0 Å². The second-order valence-corrected chi connectivity index (χ2v) is 9.52. The van der Waals surface area contributed by atoms with E-state index in [1.807, 2.05) is 6.07 Å². The van der Waals surface area contributed by atoms with E-state index in [4.69, 9.17) is 5.73 Å². The molecule has 174 valence electrons. The second kappa shape index (κ2) is 8.99. The van der Waals surface area contributed by atoms with Gasteiger partial charge in [0.05, 0.1) is 12.1 Å². The van der Waals surface area contributed by atoms with Crippen molar-refractivity contribution >= 4 is 22.5 Å². The number of nitrogens with one attached hydrogen (secondary N) is 3. The third-order valence-electron chi connectivity index (χ3n) is 6.98. The second-order valence-electron chi connectivity index (χ2n) is 9.52. The first-order chi connectivity index (χ1) is 16.4. The molecule has 5 heteroatoms. The molecule has 5 rings (SSSR count). The fraction of sp³-hybridized carbons (Fsp3) is 0.276. The Labute approximate surface area is 200 Å². The van der Waals surface area contributed by atoms with E-state index in [0.717, 1.165) is 40.7 Å². The van der Waals surface area contributed by atoms with Crippen molar-refractivity contribution in [2.45, 2.75) is 45.7 Å². The number of rotatable bonds is 5. The third kappa shape index (κ3) is 4.19. The Bertz CT molecular complexity index is 1330. The van der Waals surface area contributed by atoms with Gasteiger partial charge < -0.3 is 21.4 Å². The number of fused-ring (bicyclic) bond motifs is 2. The summed E-state index contributed by atoms with van der Waals surface area (Å²) in [6.45, 7) is 7.09. The lowest BCUT2D eigenvalue weighted by Gasteiger charge is -2.29. The number of carbonyl (C=O) groups is 1. The standard InChI is InChI=1S/C29H32N4O/c1-17-11-18(2)21(19(3)12-17)14-25(30)29(34)33-26-9-10-31-28-15-27-22(13-23(26)28)24(16-32-27)20-7-5-4-6-8-20/h4-8,11-13,15-16,25-26,31-32H,9-10,14,30H2,1-3H3,(H,33,34). The van der Waals surface area contributed by atoms with Gasteiger partial charge in [0, 0.05) is 34.9 Å². The van der Waals surface area contributed by atoms with Gasteiger partial charge in [-0.25, -0.2) is 0 Å². The lowest BCUT2D eigenvalue weighted by Crippen LogP contribution is -2.44. The Morgan fingerprint density at radius 2 is 1.82 bits per heavy atom. The summed E-state index contributed by atoms with van der Waals surface area (Å²) in [7, 11) is 0. The molecule has 1 aliphatic rings. The molecule has 1 aliphatic heterocycles. The van der Waals surface area contributed by atoms with Gasteiger partial charge in [-0.05, 0) is 73.6 Å². The molecule has 0 bridgehead atoms. The minimum Gasteiger partial charge on any atom is -0.385 e. The summed E-state index contributed by atoms with van der Waals surface area (Å²) in [5.74, 6) is -0.102. The van der Waals surface area contributed by atoms with Crippen LogP contribution in [0.5, 0.6) is 0 Å². The van der Waals surface area contributed by atoms with E-state index in [-0.39, 0.29) is 11.9 Å². The van der Waals surface area contributed by atoms with E-state index in [1.54, 1.807) is 0 Å². The number of aromatic nitrogens is 1. The molecule has 0 saturated heterocycles. The van der Waals surface area contributed by atoms with E-state index in [1.165, 1.54) is 27.8 Å². The van der Waals surface area contributed by atoms with Gasteiger partial charge in [-0.3, -0.25) is 4.79 Å². The van der Waals surface area contributed by atoms with Gasteiger partial charge in [0.15, 0.2) is 0 Å². The van der Waals surface area contributed by atoms with Crippen LogP contribution in [-0.4, -0.2) is 23.5 Å². The maximum absolute atomic E-state index is 13.2. The van der Waals surface area contributed by atoms with Crippen LogP contribution in [0.2, 0.25) is 0 Å². The van der Waals surface area contributed by atoms with Crippen LogP contribution >= 0.6 is 0 Å². The number of nitrogens with two attached hydrogens (primary N) is 1. The summed E-state index contributed by atoms with van der Waals surface area (Å²) >= 11 is 0. The topological polar surface area (TPSA) is 82.9 Å². The number of anilines is 1. The van der Waals surface area contributed by atoms with Crippen molar-refractivity contribution < 1.29 is 4.79 Å². The minimum atomic E-state index is -0.589. The highest BCUT2D eigenvalue weighted by atomic mass is 16.2. The van der Waals surface area contributed by atoms with E-state index < -0.39 is 6.04 Å². The molecular weight excluding hydrogens is 420 g/mol. The average Bonchev–Trinajstić information content (AvgIpc) is 3.23. The van der Waals surface area contributed by atoms with Crippen LogP contribution in [0.15, 0.2) is 60.8 Å². The van der Waals surface area contributed by atoms with E-state index in [2.05, 4.69) is 91.1 Å². The van der Waals surface area contributed by atoms with Gasteiger partial charge in [-0.15, -0.1) is 0 Å². The number of carbonyl (C=O) groups excluding carboxylic acids is 1. The van der Waals surface area contributed by atoms with Crippen LogP contribution in [0, 0.1) is 20.8 Å². The largest absolute Gasteiger partial charge is 0.385 e. The lowest BCUT2D eigenvalue weighted by molar-refractivity contribution is -0.123. The molecule has 5 N–H and O–H groups in total. The van der Waals surface area contributed by atoms with Crippen LogP contribution in [-0.2, 0) is 11.2 Å². The van der Waals surface area contributed by atoms with Crippen molar-refractivity contribution in [3.8, 4) is 11.1 Å². The Hall–Kier alpha value is -3.57. The van der Waals surface area contributed by atoms with Crippen LogP contribution in [0.25, 0.3) is 22.0 Å². The summed E-state index contributed by atoms with van der Waals surface area (Å²) in [4.78, 5) is 16.6. The fourth-order valence-electron chi connectivity index (χ4n) is 5.26. The SMILES string of the molecule is Cc1cc(C)c(CC(N)C(=O)NC2CCNc3cc4[nH]cc(-c5ccccc5)c4cc32)c(C)c1. The Balaban J connectivity index is 1.40. The van der Waals surface area contributed by atoms with Crippen molar-refractivity contribution in [2.24, 2.45) is 5.73 Å². The zero-order chi connectivity index (χ0) is 23.8. The molecule has 5 nitrogen and oxygen atoms in total. The van der Waals surface area contributed by atoms with Crippen LogP contribution in [0.3, 0.4) is 0 Å². The molecule has 0 saturated carbocycles. The highest BCUT2D eigenvalue weighted by Gasteiger charge is 2.26. The highest BCUT2D eigenvalue weighted by Crippen LogP contribution is 2.37. The van der Waals surface area contributed by atoms with Crippen molar-refractivity contribution in [1.29, 1.82) is 0 Å². The van der Waals surface area contributed by atoms with Gasteiger partial charge >= 0.3 is 0 Å². The highest BCUT2D eigenvalue weighted by molar-refractivity contribution is 5.98. The predicted octanol–water partition coefficient (Wildman–Crippen LogP) is 5.30. The molecule has 4 aromatic rings. The summed E-state index contributed by atoms with van der Waals surface area (Å²) in [6.07, 6.45) is 3.42. The molecule has 2 unspecified atom stereocenters. The Kier molecular flexibility index (Phi) is 5.88. The molecule has 1 aromatic heterocycles. The fourth-order valence-corrected chi connectivity index (χ4v) is 5.26. The zero-order valence-corrected chi connectivity index (χ0v) is 20.0. The summed E-state index contributed by atoms with van der Waals surface area (Å²) < 4.78 is 0. The quantitative estimate of drug-likeness (QED) is 0.331. The number of aromatic amines is 1. The van der Waals surface area contributed by atoms with Gasteiger partial charge in [-0.2, -0.15) is 0 Å². The number of amides is 1. The molecular formula is C29H32N4O. The van der Waals surface area contributed by atoms with E-state index in [0.29, 0.717) is 6.42 Å². The van der Waals surface area contributed by atoms with Crippen molar-refractivity contribution in [1.82, 2.24) is 10.3 Å². The van der Waals surface area contributed by atoms with E-state index in [9.17, 15) is 4.79 Å². The third-order valence-corrected chi connectivity index (χ3v) is 6.98. The van der Waals surface area contributed by atoms with Crippen molar-refractivity contribution in [3.05, 3.63) is 88.6 Å². The number of hydrogen-bond acceptors (Lipinski definition) is 3. The number of benzene rings is 3. The number of hydrogen-bond donors (Lipinski definition) is 4. The zero-order valence-electron chi connectivity index (χ0n) is 20.0. The van der Waals surface area contributed by atoms with Crippen molar-refractivity contribution in [2.75, 3.05) is 11.9 Å². The molecule has 0 aliphatic carbocycles. The lowest BCUT2D eigenvalue weighted by atomic mass is 9.92. The molecule has 0 spiro atoms. The van der Waals surface area contributed by atoms with Crippen LogP contribution < -0.4 is 16.4 Å². The molecule has 2 heterocycles. The molecule has 3 aromatic carbocycles. The molecule has 34 heavy (non-hydrogen) atoms. The predicted molar refractivity (Wildman–Crippen MR) is 140 cm³/mol. The molecule has 2 atom stereocenters. The number of aryl methyl sites for hydroxylation is 3. The van der Waals surface area contributed by atoms with Crippen LogP contribution in [0.1, 0.15) is 40.3 Å². The first-order valence-corrected chi connectivity index (χ1v) is 12.0. The smallest absolute Gasteiger partial charge is 0.237 e. The summed E-state index contributed by atoms with van der Waals surface area (Å²) in [5, 5.41) is 7.90. The summed E-state index contributed by atoms with van der Waals surface area (Å²) in [5.41, 5.74) is 16.8. The summed E-state index contributed by atoms with van der Waals surface area (Å²) in [6, 6.07) is 18.4. The van der Waals surface area contributed by atoms with E-state index >= 15 is 0 Å². The first-order valence-electron chi connectivity index (χ1n) is 12.0. The minimum absolute atomic E-state index is 0.0714. The first kappa shape index (κ1) is 22.2. The maximum Gasteiger partial charge on any atom is 0.237 e. The Morgan fingerprint density at radius 3 is 2.56 bits per heavy atom. The maximum atomic E-state index is 13.2.